The quantitative estimate of drug-likeness (QED) is 0.346. The zero-order valence-electron chi connectivity index (χ0n) is 23.3. The number of fused-ring (bicyclic) bond motifs is 3. The van der Waals surface area contributed by atoms with Crippen molar-refractivity contribution in [1.29, 1.82) is 0 Å². The van der Waals surface area contributed by atoms with Crippen molar-refractivity contribution in [3.63, 3.8) is 0 Å². The number of aromatic hydroxyl groups is 1. The zero-order valence-corrected chi connectivity index (χ0v) is 23.3. The maximum atomic E-state index is 14.2. The molecule has 3 atom stereocenters. The molecule has 0 saturated heterocycles. The van der Waals surface area contributed by atoms with Crippen molar-refractivity contribution in [2.45, 2.75) is 45.6 Å². The molecular weight excluding hydrogens is 530 g/mol. The molecule has 0 heterocycles. The number of carboxylic acids is 1. The van der Waals surface area contributed by atoms with E-state index in [1.54, 1.807) is 32.0 Å². The Morgan fingerprint density at radius 1 is 0.976 bits per heavy atom. The van der Waals surface area contributed by atoms with Gasteiger partial charge in [0.2, 0.25) is 5.78 Å². The number of aromatic carboxylic acids is 1. The van der Waals surface area contributed by atoms with E-state index >= 15 is 0 Å². The minimum absolute atomic E-state index is 0.00803. The van der Waals surface area contributed by atoms with Crippen LogP contribution in [0.3, 0.4) is 0 Å². The van der Waals surface area contributed by atoms with E-state index in [4.69, 9.17) is 0 Å². The Bertz CT molecular complexity index is 1650. The fraction of sp³-hybridized carbons (Fsp3) is 0.355. The van der Waals surface area contributed by atoms with Gasteiger partial charge in [-0.3, -0.25) is 14.4 Å². The molecule has 0 unspecified atom stereocenters. The van der Waals surface area contributed by atoms with Crippen LogP contribution in [-0.2, 0) is 20.8 Å². The molecule has 10 nitrogen and oxygen atoms in total. The van der Waals surface area contributed by atoms with Crippen LogP contribution < -0.4 is 4.90 Å². The molecular formula is C31H31NO9. The van der Waals surface area contributed by atoms with Crippen LogP contribution >= 0.6 is 0 Å². The van der Waals surface area contributed by atoms with E-state index in [0.717, 1.165) is 6.92 Å². The Kier molecular flexibility index (Phi) is 6.02. The normalized spacial score (nSPS) is 27.3. The second-order valence-corrected chi connectivity index (χ2v) is 12.0. The molecule has 3 aliphatic carbocycles. The summed E-state index contributed by atoms with van der Waals surface area (Å²) >= 11 is 0. The molecule has 5 N–H and O–H groups in total. The summed E-state index contributed by atoms with van der Waals surface area (Å²) in [6.07, 6.45) is -0.202. The fourth-order valence-electron chi connectivity index (χ4n) is 7.11. The number of carbonyl (C=O) groups excluding carboxylic acids is 3. The lowest BCUT2D eigenvalue weighted by Crippen LogP contribution is -2.65. The number of aliphatic hydroxyl groups is 3. The number of rotatable bonds is 4. The van der Waals surface area contributed by atoms with E-state index in [9.17, 15) is 44.7 Å². The Balaban J connectivity index is 1.79. The molecule has 0 radical (unpaired) electrons. The fourth-order valence-corrected chi connectivity index (χ4v) is 7.11. The maximum Gasteiger partial charge on any atom is 0.335 e. The molecule has 0 aliphatic heterocycles. The van der Waals surface area contributed by atoms with Gasteiger partial charge in [0.15, 0.2) is 17.2 Å². The minimum atomic E-state index is -2.65. The summed E-state index contributed by atoms with van der Waals surface area (Å²) < 4.78 is 0. The summed E-state index contributed by atoms with van der Waals surface area (Å²) in [5, 5.41) is 55.4. The van der Waals surface area contributed by atoms with Gasteiger partial charge in [-0.05, 0) is 49.1 Å². The van der Waals surface area contributed by atoms with E-state index in [0.29, 0.717) is 16.8 Å². The first-order valence-electron chi connectivity index (χ1n) is 13.1. The molecule has 2 aromatic carbocycles. The predicted octanol–water partition coefficient (Wildman–Crippen LogP) is 3.74. The van der Waals surface area contributed by atoms with Crippen LogP contribution in [0.4, 0.5) is 5.69 Å². The number of phenolic OH excluding ortho intramolecular Hbond substituents is 1. The molecule has 1 saturated carbocycles. The van der Waals surface area contributed by atoms with Gasteiger partial charge in [0.25, 0.3) is 0 Å². The first-order chi connectivity index (χ1) is 19.0. The minimum Gasteiger partial charge on any atom is -0.508 e. The molecule has 0 bridgehead atoms. The first-order valence-corrected chi connectivity index (χ1v) is 13.1. The number of anilines is 1. The number of benzene rings is 2. The Morgan fingerprint density at radius 2 is 1.59 bits per heavy atom. The Morgan fingerprint density at radius 3 is 2.12 bits per heavy atom. The van der Waals surface area contributed by atoms with Crippen molar-refractivity contribution < 1.29 is 44.7 Å². The summed E-state index contributed by atoms with van der Waals surface area (Å²) in [6.45, 7) is 4.30. The third-order valence-electron chi connectivity index (χ3n) is 8.92. The molecule has 1 fully saturated rings. The van der Waals surface area contributed by atoms with Gasteiger partial charge in [-0.25, -0.2) is 4.79 Å². The lowest BCUT2D eigenvalue weighted by Gasteiger charge is -2.56. The van der Waals surface area contributed by atoms with Crippen molar-refractivity contribution in [3.8, 4) is 16.9 Å². The lowest BCUT2D eigenvalue weighted by atomic mass is 9.47. The third kappa shape index (κ3) is 3.66. The number of phenols is 1. The van der Waals surface area contributed by atoms with Crippen LogP contribution in [-0.4, -0.2) is 68.5 Å². The highest BCUT2D eigenvalue weighted by molar-refractivity contribution is 6.23. The lowest BCUT2D eigenvalue weighted by molar-refractivity contribution is -0.164. The van der Waals surface area contributed by atoms with Gasteiger partial charge in [-0.15, -0.1) is 0 Å². The largest absolute Gasteiger partial charge is 0.508 e. The summed E-state index contributed by atoms with van der Waals surface area (Å²) in [7, 11) is 3.56. The number of ketones is 3. The molecule has 5 rings (SSSR count). The second-order valence-electron chi connectivity index (χ2n) is 12.0. The molecule has 3 aliphatic rings. The highest BCUT2D eigenvalue weighted by Crippen LogP contribution is 2.63. The van der Waals surface area contributed by atoms with Crippen molar-refractivity contribution in [1.82, 2.24) is 0 Å². The number of allylic oxidation sites excluding steroid dienone is 1. The maximum absolute atomic E-state index is 14.2. The SMILES string of the molecule is CC(=O)C1=C(O)[C@]2(O)C(=O)C3=C(O)c4c(O)c(-c5ccc(C(=O)O)cc5)cc(N(C)C)c4C[C@]3(C)C[C@]2(C)CC1=O. The number of carbonyl (C=O) groups is 4. The number of hydrogen-bond donors (Lipinski definition) is 5. The van der Waals surface area contributed by atoms with Crippen LogP contribution in [0.5, 0.6) is 5.75 Å². The van der Waals surface area contributed by atoms with Crippen LogP contribution in [0.1, 0.15) is 55.1 Å². The van der Waals surface area contributed by atoms with Gasteiger partial charge in [-0.1, -0.05) is 26.0 Å². The second kappa shape index (κ2) is 8.78. The van der Waals surface area contributed by atoms with Gasteiger partial charge < -0.3 is 30.4 Å². The van der Waals surface area contributed by atoms with Gasteiger partial charge in [0.1, 0.15) is 22.8 Å². The van der Waals surface area contributed by atoms with Crippen molar-refractivity contribution in [2.75, 3.05) is 19.0 Å². The zero-order chi connectivity index (χ0) is 30.4. The Hall–Kier alpha value is -4.44. The summed E-state index contributed by atoms with van der Waals surface area (Å²) in [4.78, 5) is 52.4. The van der Waals surface area contributed by atoms with E-state index in [1.807, 2.05) is 0 Å². The van der Waals surface area contributed by atoms with Crippen molar-refractivity contribution >= 4 is 34.8 Å². The molecule has 214 valence electrons. The molecule has 0 amide bonds. The van der Waals surface area contributed by atoms with Gasteiger partial charge in [0, 0.05) is 48.2 Å². The van der Waals surface area contributed by atoms with Crippen LogP contribution in [0.2, 0.25) is 0 Å². The van der Waals surface area contributed by atoms with E-state index in [1.165, 1.54) is 31.2 Å². The van der Waals surface area contributed by atoms with Gasteiger partial charge in [0.05, 0.1) is 11.1 Å². The average molecular weight is 562 g/mol. The Labute approximate surface area is 235 Å². The van der Waals surface area contributed by atoms with E-state index in [2.05, 4.69) is 0 Å². The predicted molar refractivity (Wildman–Crippen MR) is 149 cm³/mol. The topological polar surface area (TPSA) is 173 Å². The monoisotopic (exact) mass is 561 g/mol. The van der Waals surface area contributed by atoms with E-state index in [-0.39, 0.29) is 47.3 Å². The number of nitrogens with zero attached hydrogens (tertiary/aromatic N) is 1. The summed E-state index contributed by atoms with van der Waals surface area (Å²) in [5.41, 5.74) is -4.16. The summed E-state index contributed by atoms with van der Waals surface area (Å²) in [6, 6.07) is 7.52. The molecule has 0 aromatic heterocycles. The third-order valence-corrected chi connectivity index (χ3v) is 8.92. The number of carboxylic acid groups (broad SMARTS) is 1. The summed E-state index contributed by atoms with van der Waals surface area (Å²) in [5.74, 6) is -5.56. The van der Waals surface area contributed by atoms with E-state index < -0.39 is 56.8 Å². The highest BCUT2D eigenvalue weighted by Gasteiger charge is 2.68. The van der Waals surface area contributed by atoms with Crippen LogP contribution in [0.25, 0.3) is 16.9 Å². The van der Waals surface area contributed by atoms with Gasteiger partial charge in [-0.2, -0.15) is 0 Å². The smallest absolute Gasteiger partial charge is 0.335 e. The number of aliphatic hydroxyl groups excluding tert-OH is 2. The first kappa shape index (κ1) is 28.1. The van der Waals surface area contributed by atoms with Crippen molar-refractivity contribution in [3.05, 3.63) is 63.9 Å². The molecule has 0 spiro atoms. The number of Topliss-reactive ketones (excluding diaryl/α,β-unsaturated/α-hetero) is 3. The van der Waals surface area contributed by atoms with Crippen molar-refractivity contribution in [2.24, 2.45) is 10.8 Å². The molecule has 10 heteroatoms. The van der Waals surface area contributed by atoms with Crippen LogP contribution in [0, 0.1) is 10.8 Å². The molecule has 41 heavy (non-hydrogen) atoms. The number of hydrogen-bond acceptors (Lipinski definition) is 9. The highest BCUT2D eigenvalue weighted by atomic mass is 16.4. The average Bonchev–Trinajstić information content (AvgIpc) is 2.85. The van der Waals surface area contributed by atoms with Gasteiger partial charge >= 0.3 is 5.97 Å². The molecule has 2 aromatic rings. The van der Waals surface area contributed by atoms with Crippen LogP contribution in [0.15, 0.2) is 47.2 Å². The standard InChI is InChI=1S/C31H31NO9/c1-14(33)21-20(34)12-30(3)13-29(2)11-18-19(32(4)5)10-17(15-6-8-16(9-7-15)28(39)40)24(35)22(18)25(36)23(29)27(38)31(30,41)26(21)37/h6-10,35-37,41H,11-13H2,1-5H3,(H,39,40)/t29-,30+,31+/m1/s1.